The van der Waals surface area contributed by atoms with Gasteiger partial charge in [0.25, 0.3) is 5.91 Å². The molecule has 0 aromatic heterocycles. The minimum Gasteiger partial charge on any atom is -0.456 e. The van der Waals surface area contributed by atoms with E-state index in [-0.39, 0.29) is 24.2 Å². The van der Waals surface area contributed by atoms with Gasteiger partial charge in [-0.15, -0.1) is 11.8 Å². The number of ketones is 1. The molecule has 4 aliphatic rings. The van der Waals surface area contributed by atoms with E-state index in [0.717, 1.165) is 4.90 Å². The molecular formula is C60H81NO14SSi2. The number of hydrogen-bond acceptors (Lipinski definition) is 15. The molecule has 0 radical (unpaired) electrons. The van der Waals surface area contributed by atoms with Gasteiger partial charge in [0.2, 0.25) is 0 Å². The Balaban J connectivity index is 1.50. The van der Waals surface area contributed by atoms with Crippen LogP contribution in [0.5, 0.6) is 0 Å². The Labute approximate surface area is 466 Å². The molecule has 18 heteroatoms. The normalized spacial score (nSPS) is 28.5. The molecule has 1 amide bonds. The van der Waals surface area contributed by atoms with Crippen LogP contribution in [0.15, 0.2) is 101 Å². The average Bonchev–Trinajstić information content (AvgIpc) is 3.29. The third kappa shape index (κ3) is 11.0. The molecule has 424 valence electrons. The fourth-order valence-corrected chi connectivity index (χ4v) is 17.0. The number of carbonyl (C=O) groups is 6. The zero-order valence-corrected chi connectivity index (χ0v) is 50.9. The molecule has 3 aromatic carbocycles. The number of amides is 1. The van der Waals surface area contributed by atoms with Crippen molar-refractivity contribution >= 4 is 64.0 Å². The lowest BCUT2D eigenvalue weighted by Crippen LogP contribution is -2.82. The molecule has 3 fully saturated rings. The van der Waals surface area contributed by atoms with Crippen molar-refractivity contribution in [2.75, 3.05) is 12.9 Å². The van der Waals surface area contributed by atoms with E-state index >= 15 is 14.4 Å². The molecule has 1 saturated heterocycles. The number of nitrogens with one attached hydrogen (secondary N) is 1. The fraction of sp³-hybridized carbons (Fsp3) is 0.567. The summed E-state index contributed by atoms with van der Waals surface area (Å²) >= 11 is 1.42. The molecule has 11 atom stereocenters. The van der Waals surface area contributed by atoms with Crippen molar-refractivity contribution in [1.29, 1.82) is 0 Å². The van der Waals surface area contributed by atoms with Gasteiger partial charge < -0.3 is 43.0 Å². The fourth-order valence-electron chi connectivity index (χ4n) is 12.4. The highest BCUT2D eigenvalue weighted by molar-refractivity contribution is 7.98. The van der Waals surface area contributed by atoms with Crippen molar-refractivity contribution in [2.24, 2.45) is 16.7 Å². The predicted octanol–water partition coefficient (Wildman–Crippen LogP) is 10.5. The van der Waals surface area contributed by atoms with Gasteiger partial charge in [-0.1, -0.05) is 110 Å². The predicted molar refractivity (Wildman–Crippen MR) is 302 cm³/mol. The quantitative estimate of drug-likeness (QED) is 0.0400. The van der Waals surface area contributed by atoms with Crippen LogP contribution in [-0.2, 0) is 51.7 Å². The van der Waals surface area contributed by atoms with Crippen molar-refractivity contribution in [1.82, 2.24) is 5.32 Å². The maximum absolute atomic E-state index is 16.7. The van der Waals surface area contributed by atoms with Crippen LogP contribution in [0.1, 0.15) is 128 Å². The Morgan fingerprint density at radius 1 is 0.846 bits per heavy atom. The van der Waals surface area contributed by atoms with Crippen molar-refractivity contribution in [2.45, 2.75) is 191 Å². The summed E-state index contributed by atoms with van der Waals surface area (Å²) in [5.74, 6) is -5.78. The van der Waals surface area contributed by atoms with Crippen molar-refractivity contribution in [3.8, 4) is 0 Å². The molecule has 7 rings (SSSR count). The third-order valence-electron chi connectivity index (χ3n) is 18.3. The molecule has 78 heavy (non-hydrogen) atoms. The van der Waals surface area contributed by atoms with Gasteiger partial charge in [0, 0.05) is 42.6 Å². The first kappa shape index (κ1) is 60.7. The second-order valence-corrected chi connectivity index (χ2v) is 34.3. The van der Waals surface area contributed by atoms with E-state index < -0.39 is 134 Å². The topological polar surface area (TPSA) is 199 Å². The number of fused-ring (bicyclic) bond motifs is 5. The van der Waals surface area contributed by atoms with Crippen LogP contribution in [0.3, 0.4) is 0 Å². The number of ether oxygens (including phenoxy) is 5. The van der Waals surface area contributed by atoms with Crippen molar-refractivity contribution in [3.05, 3.63) is 113 Å². The molecule has 3 aliphatic carbocycles. The van der Waals surface area contributed by atoms with E-state index in [1.165, 1.54) is 25.6 Å². The van der Waals surface area contributed by atoms with Gasteiger partial charge in [-0.05, 0) is 103 Å². The molecule has 0 unspecified atom stereocenters. The van der Waals surface area contributed by atoms with E-state index in [1.54, 1.807) is 100 Å². The van der Waals surface area contributed by atoms with Gasteiger partial charge >= 0.3 is 23.9 Å². The molecule has 15 nitrogen and oxygen atoms in total. The first-order chi connectivity index (χ1) is 36.5. The lowest BCUT2D eigenvalue weighted by Gasteiger charge is -2.68. The van der Waals surface area contributed by atoms with Crippen LogP contribution in [0.25, 0.3) is 0 Å². The summed E-state index contributed by atoms with van der Waals surface area (Å²) < 4.78 is 47.3. The SMILES string of the molecule is CC[Si](CC)(CC)O[C@H]1C[C@H]2OC[C@@]2(OC(C)=O)[C@H]2[C@H](OC(=O)c3cccc(SC)c3)[C@]3(O)C[C@H](OC(=O)[C@H](O[Si](C)(C)C(C)(C)C)[C@@H](NC(=O)c4ccccc4)c4ccccc4)C(C)=C([C@@H](OC(C)=O)C(=O)[C@]12C)C3(C)C. The number of Topliss-reactive ketones (excluding diaryl/α,β-unsaturated/α-hetero) is 1. The van der Waals surface area contributed by atoms with E-state index in [4.69, 9.17) is 32.5 Å². The Kier molecular flexibility index (Phi) is 17.8. The molecule has 0 spiro atoms. The van der Waals surface area contributed by atoms with Crippen LogP contribution < -0.4 is 5.32 Å². The Morgan fingerprint density at radius 2 is 1.45 bits per heavy atom. The number of hydrogen-bond donors (Lipinski definition) is 2. The van der Waals surface area contributed by atoms with E-state index in [1.807, 2.05) is 52.3 Å². The molecular weight excluding hydrogens is 1050 g/mol. The molecule has 2 N–H and O–H groups in total. The molecule has 1 heterocycles. The molecule has 2 saturated carbocycles. The Bertz CT molecular complexity index is 2770. The first-order valence-corrected chi connectivity index (χ1v) is 34.0. The zero-order chi connectivity index (χ0) is 57.6. The highest BCUT2D eigenvalue weighted by atomic mass is 32.2. The number of thioether (sulfide) groups is 1. The van der Waals surface area contributed by atoms with Gasteiger partial charge in [-0.3, -0.25) is 19.2 Å². The van der Waals surface area contributed by atoms with Crippen LogP contribution >= 0.6 is 11.8 Å². The number of benzene rings is 3. The number of carbonyl (C=O) groups excluding carboxylic acids is 6. The van der Waals surface area contributed by atoms with E-state index in [9.17, 15) is 19.5 Å². The molecule has 2 bridgehead atoms. The zero-order valence-electron chi connectivity index (χ0n) is 48.1. The maximum atomic E-state index is 16.7. The summed E-state index contributed by atoms with van der Waals surface area (Å²) in [5.41, 5.74) is -6.04. The number of rotatable bonds is 18. The summed E-state index contributed by atoms with van der Waals surface area (Å²) in [6, 6.07) is 25.4. The highest BCUT2D eigenvalue weighted by Crippen LogP contribution is 2.65. The van der Waals surface area contributed by atoms with Crippen LogP contribution in [0.2, 0.25) is 36.3 Å². The second-order valence-electron chi connectivity index (χ2n) is 23.9. The van der Waals surface area contributed by atoms with Gasteiger partial charge in [-0.2, -0.15) is 0 Å². The third-order valence-corrected chi connectivity index (χ3v) is 28.1. The number of esters is 4. The largest absolute Gasteiger partial charge is 0.456 e. The smallest absolute Gasteiger partial charge is 0.338 e. The summed E-state index contributed by atoms with van der Waals surface area (Å²) in [6.45, 7) is 25.2. The standard InChI is InChI=1S/C60H81NO14SSi2/c1-16-78(17-2,18-3)74-44-33-45-59(35-69-45,73-38(6)63)50-52(72-54(66)41-30-25-31-42(32-41)76-13)60(68)34-43(36(4)46(57(60,10)11)48(70-37(5)62)51(64)58(44,50)12)71-55(67)49(75-77(14,15)56(7,8)9)47(39-26-21-19-22-27-39)61-53(65)40-28-23-20-24-29-40/h19-32,43-45,47-50,52,68H,16-18,33-35H2,1-15H3,(H,61,65)/t43-,44-,45+,47-,48+,49+,50-,52-,58+,59-,60+/m0/s1. The van der Waals surface area contributed by atoms with Gasteiger partial charge in [0.1, 0.15) is 23.9 Å². The maximum Gasteiger partial charge on any atom is 0.338 e. The number of aliphatic hydroxyl groups is 1. The monoisotopic (exact) mass is 1130 g/mol. The van der Waals surface area contributed by atoms with Crippen LogP contribution in [0, 0.1) is 16.7 Å². The molecule has 1 aliphatic heterocycles. The van der Waals surface area contributed by atoms with Crippen LogP contribution in [0.4, 0.5) is 0 Å². The lowest BCUT2D eigenvalue weighted by molar-refractivity contribution is -0.344. The minimum absolute atomic E-state index is 0.0864. The summed E-state index contributed by atoms with van der Waals surface area (Å²) in [7, 11) is -5.61. The Morgan fingerprint density at radius 3 is 1.99 bits per heavy atom. The average molecular weight is 1130 g/mol. The summed E-state index contributed by atoms with van der Waals surface area (Å²) in [6.07, 6.45) is -6.73. The minimum atomic E-state index is -2.95. The summed E-state index contributed by atoms with van der Waals surface area (Å²) in [4.78, 5) is 89.9. The lowest BCUT2D eigenvalue weighted by atomic mass is 9.44. The van der Waals surface area contributed by atoms with Crippen molar-refractivity contribution < 1.29 is 66.4 Å². The summed E-state index contributed by atoms with van der Waals surface area (Å²) in [5, 5.41) is 17.2. The van der Waals surface area contributed by atoms with Crippen LogP contribution in [-0.4, -0.2) is 118 Å². The Hall–Kier alpha value is -4.96. The molecule has 3 aromatic rings. The van der Waals surface area contributed by atoms with Gasteiger partial charge in [0.15, 0.2) is 40.2 Å². The van der Waals surface area contributed by atoms with Crippen molar-refractivity contribution in [3.63, 3.8) is 0 Å². The van der Waals surface area contributed by atoms with E-state index in [2.05, 4.69) is 26.1 Å². The van der Waals surface area contributed by atoms with Gasteiger partial charge in [-0.25, -0.2) is 9.59 Å². The van der Waals surface area contributed by atoms with E-state index in [0.29, 0.717) is 34.8 Å². The first-order valence-electron chi connectivity index (χ1n) is 27.3. The highest BCUT2D eigenvalue weighted by Gasteiger charge is 2.79. The second kappa shape index (κ2) is 22.9. The van der Waals surface area contributed by atoms with Gasteiger partial charge in [0.05, 0.1) is 35.6 Å².